The Hall–Kier alpha value is -3.27. The number of hydrogen-bond acceptors (Lipinski definition) is 5. The molecular weight excluding hydrogens is 461 g/mol. The molecule has 0 aliphatic carbocycles. The Kier molecular flexibility index (Phi) is 8.03. The second-order valence-electron chi connectivity index (χ2n) is 7.95. The van der Waals surface area contributed by atoms with Gasteiger partial charge in [0.2, 0.25) is 11.8 Å². The zero-order chi connectivity index (χ0) is 24.9. The lowest BCUT2D eigenvalue weighted by molar-refractivity contribution is -0.141. The summed E-state index contributed by atoms with van der Waals surface area (Å²) in [5, 5.41) is 2.73. The molecule has 0 unspecified atom stereocenters. The van der Waals surface area contributed by atoms with Gasteiger partial charge in [-0.1, -0.05) is 31.2 Å². The van der Waals surface area contributed by atoms with Crippen LogP contribution in [0.1, 0.15) is 49.0 Å². The number of benzene rings is 2. The van der Waals surface area contributed by atoms with Gasteiger partial charge in [0.25, 0.3) is 15.9 Å². The minimum Gasteiger partial charge on any atom is -0.355 e. The van der Waals surface area contributed by atoms with Crippen LogP contribution in [0.2, 0.25) is 0 Å². The second-order valence-corrected chi connectivity index (χ2v) is 9.78. The lowest BCUT2D eigenvalue weighted by Crippen LogP contribution is -2.49. The lowest BCUT2D eigenvalue weighted by Gasteiger charge is -2.30. The molecule has 10 heteroatoms. The van der Waals surface area contributed by atoms with Crippen LogP contribution in [0.25, 0.3) is 0 Å². The predicted octanol–water partition coefficient (Wildman–Crippen LogP) is 2.69. The van der Waals surface area contributed by atoms with Gasteiger partial charge in [0.15, 0.2) is 0 Å². The van der Waals surface area contributed by atoms with Crippen molar-refractivity contribution in [3.05, 3.63) is 65.5 Å². The van der Waals surface area contributed by atoms with Gasteiger partial charge in [0.05, 0.1) is 5.56 Å². The Morgan fingerprint density at radius 3 is 2.38 bits per heavy atom. The van der Waals surface area contributed by atoms with Gasteiger partial charge in [-0.2, -0.15) is 0 Å². The van der Waals surface area contributed by atoms with Crippen LogP contribution >= 0.6 is 0 Å². The number of nitrogens with one attached hydrogen (secondary N) is 1. The Labute approximate surface area is 198 Å². The molecule has 182 valence electrons. The van der Waals surface area contributed by atoms with Crippen LogP contribution in [0.4, 0.5) is 4.39 Å². The van der Waals surface area contributed by atoms with Crippen molar-refractivity contribution >= 4 is 27.7 Å². The third kappa shape index (κ3) is 5.27. The molecular formula is C24H28FN3O5S. The normalized spacial score (nSPS) is 15.0. The number of rotatable bonds is 10. The molecule has 2 aromatic carbocycles. The first kappa shape index (κ1) is 25.4. The summed E-state index contributed by atoms with van der Waals surface area (Å²) in [4.78, 5) is 39.7. The molecule has 0 radical (unpaired) electrons. The minimum atomic E-state index is -3.95. The molecule has 3 amide bonds. The quantitative estimate of drug-likeness (QED) is 0.553. The second kappa shape index (κ2) is 10.8. The zero-order valence-corrected chi connectivity index (χ0v) is 20.0. The van der Waals surface area contributed by atoms with Crippen molar-refractivity contribution in [1.82, 2.24) is 14.5 Å². The van der Waals surface area contributed by atoms with Gasteiger partial charge in [0.1, 0.15) is 16.8 Å². The van der Waals surface area contributed by atoms with E-state index in [1.165, 1.54) is 29.2 Å². The Balaban J connectivity index is 1.73. The van der Waals surface area contributed by atoms with Crippen LogP contribution in [-0.4, -0.2) is 54.5 Å². The maximum absolute atomic E-state index is 13.3. The maximum atomic E-state index is 13.3. The van der Waals surface area contributed by atoms with Crippen molar-refractivity contribution in [3.8, 4) is 0 Å². The third-order valence-electron chi connectivity index (χ3n) is 5.67. The van der Waals surface area contributed by atoms with Gasteiger partial charge < -0.3 is 10.2 Å². The first-order chi connectivity index (χ1) is 16.2. The number of fused-ring (bicyclic) bond motifs is 1. The number of likely N-dealkylation sites (N-methyl/N-ethyl adjacent to an activating group) is 1. The van der Waals surface area contributed by atoms with Gasteiger partial charge in [-0.3, -0.25) is 14.4 Å². The number of sulfonamides is 1. The Morgan fingerprint density at radius 1 is 1.09 bits per heavy atom. The number of nitrogens with zero attached hydrogens (tertiary/aromatic N) is 2. The average molecular weight is 490 g/mol. The number of amides is 3. The number of carbonyl (C=O) groups is 3. The van der Waals surface area contributed by atoms with Crippen LogP contribution in [0, 0.1) is 5.82 Å². The molecule has 1 aliphatic rings. The first-order valence-corrected chi connectivity index (χ1v) is 12.6. The SMILES string of the molecule is CCNC(=O)[C@@H](CC)N(Cc1ccc(F)cc1)C(=O)CCCN1C(=O)c2ccccc2S1(=O)=O. The highest BCUT2D eigenvalue weighted by Crippen LogP contribution is 2.30. The van der Waals surface area contributed by atoms with Crippen LogP contribution in [0.3, 0.4) is 0 Å². The van der Waals surface area contributed by atoms with E-state index in [2.05, 4.69) is 5.32 Å². The van der Waals surface area contributed by atoms with E-state index in [1.807, 2.05) is 0 Å². The molecule has 0 spiro atoms. The van der Waals surface area contributed by atoms with Crippen LogP contribution < -0.4 is 5.32 Å². The maximum Gasteiger partial charge on any atom is 0.269 e. The number of carbonyl (C=O) groups excluding carboxylic acids is 3. The summed E-state index contributed by atoms with van der Waals surface area (Å²) in [5.41, 5.74) is 0.777. The minimum absolute atomic E-state index is 0.0356. The fourth-order valence-corrected chi connectivity index (χ4v) is 5.58. The highest BCUT2D eigenvalue weighted by Gasteiger charge is 2.40. The van der Waals surface area contributed by atoms with E-state index >= 15 is 0 Å². The highest BCUT2D eigenvalue weighted by atomic mass is 32.2. The fourth-order valence-electron chi connectivity index (χ4n) is 3.97. The van der Waals surface area contributed by atoms with E-state index < -0.39 is 27.8 Å². The summed E-state index contributed by atoms with van der Waals surface area (Å²) in [6, 6.07) is 10.9. The fraction of sp³-hybridized carbons (Fsp3) is 0.375. The van der Waals surface area contributed by atoms with Gasteiger partial charge in [-0.25, -0.2) is 17.1 Å². The number of halogens is 1. The van der Waals surface area contributed by atoms with Crippen LogP contribution in [0.5, 0.6) is 0 Å². The third-order valence-corrected chi connectivity index (χ3v) is 7.51. The topological polar surface area (TPSA) is 104 Å². The summed E-state index contributed by atoms with van der Waals surface area (Å²) in [6.45, 7) is 3.92. The van der Waals surface area contributed by atoms with Crippen molar-refractivity contribution in [2.24, 2.45) is 0 Å². The molecule has 0 fully saturated rings. The molecule has 2 aromatic rings. The van der Waals surface area contributed by atoms with Gasteiger partial charge in [-0.15, -0.1) is 0 Å². The van der Waals surface area contributed by atoms with E-state index in [0.29, 0.717) is 18.5 Å². The van der Waals surface area contributed by atoms with Crippen molar-refractivity contribution in [2.45, 2.75) is 50.6 Å². The van der Waals surface area contributed by atoms with Crippen molar-refractivity contribution in [3.63, 3.8) is 0 Å². The smallest absolute Gasteiger partial charge is 0.269 e. The molecule has 0 bridgehead atoms. The average Bonchev–Trinajstić information content (AvgIpc) is 3.01. The van der Waals surface area contributed by atoms with E-state index in [-0.39, 0.29) is 48.2 Å². The molecule has 34 heavy (non-hydrogen) atoms. The van der Waals surface area contributed by atoms with Gasteiger partial charge in [-0.05, 0) is 49.6 Å². The first-order valence-electron chi connectivity index (χ1n) is 11.2. The van der Waals surface area contributed by atoms with E-state index in [1.54, 1.807) is 38.1 Å². The molecule has 1 aliphatic heterocycles. The molecule has 1 atom stereocenters. The summed E-state index contributed by atoms with van der Waals surface area (Å²) in [7, 11) is -3.95. The van der Waals surface area contributed by atoms with Crippen molar-refractivity contribution in [2.75, 3.05) is 13.1 Å². The molecule has 1 heterocycles. The Bertz CT molecular complexity index is 1170. The van der Waals surface area contributed by atoms with Gasteiger partial charge >= 0.3 is 0 Å². The van der Waals surface area contributed by atoms with Crippen molar-refractivity contribution < 1.29 is 27.2 Å². The van der Waals surface area contributed by atoms with Crippen LogP contribution in [0.15, 0.2) is 53.4 Å². The molecule has 3 rings (SSSR count). The summed E-state index contributed by atoms with van der Waals surface area (Å²) >= 11 is 0. The molecule has 0 saturated heterocycles. The monoisotopic (exact) mass is 489 g/mol. The molecule has 1 N–H and O–H groups in total. The van der Waals surface area contributed by atoms with E-state index in [9.17, 15) is 27.2 Å². The van der Waals surface area contributed by atoms with Crippen molar-refractivity contribution in [1.29, 1.82) is 0 Å². The Morgan fingerprint density at radius 2 is 1.76 bits per heavy atom. The number of hydrogen-bond donors (Lipinski definition) is 1. The lowest BCUT2D eigenvalue weighted by atomic mass is 10.1. The van der Waals surface area contributed by atoms with Crippen LogP contribution in [-0.2, 0) is 26.2 Å². The largest absolute Gasteiger partial charge is 0.355 e. The van der Waals surface area contributed by atoms with Gasteiger partial charge in [0, 0.05) is 26.1 Å². The predicted molar refractivity (Wildman–Crippen MR) is 124 cm³/mol. The molecule has 0 saturated carbocycles. The summed E-state index contributed by atoms with van der Waals surface area (Å²) in [5.74, 6) is -1.67. The van der Waals surface area contributed by atoms with E-state index in [0.717, 1.165) is 4.31 Å². The van der Waals surface area contributed by atoms with E-state index in [4.69, 9.17) is 0 Å². The standard InChI is InChI=1S/C24H28FN3O5S/c1-3-20(23(30)26-4-2)27(16-17-11-13-18(25)14-12-17)22(29)10-7-15-28-24(31)19-8-5-6-9-21(19)34(28,32)33/h5-6,8-9,11-14,20H,3-4,7,10,15-16H2,1-2H3,(H,26,30)/t20-/m1/s1. The summed E-state index contributed by atoms with van der Waals surface area (Å²) in [6.07, 6.45) is 0.406. The highest BCUT2D eigenvalue weighted by molar-refractivity contribution is 7.90. The summed E-state index contributed by atoms with van der Waals surface area (Å²) < 4.78 is 39.5. The zero-order valence-electron chi connectivity index (χ0n) is 19.2. The molecule has 0 aromatic heterocycles. The molecule has 8 nitrogen and oxygen atoms in total.